The minimum atomic E-state index is -1.18. The van der Waals surface area contributed by atoms with E-state index >= 15 is 0 Å². The zero-order chi connectivity index (χ0) is 29.1. The maximum Gasteiger partial charge on any atom is 0.407 e. The van der Waals surface area contributed by atoms with Crippen molar-refractivity contribution in [3.05, 3.63) is 83.4 Å². The highest BCUT2D eigenvalue weighted by molar-refractivity contribution is 6.08. The second-order valence-corrected chi connectivity index (χ2v) is 10.2. The van der Waals surface area contributed by atoms with Gasteiger partial charge in [0.15, 0.2) is 0 Å². The summed E-state index contributed by atoms with van der Waals surface area (Å²) < 4.78 is 10.4. The summed E-state index contributed by atoms with van der Waals surface area (Å²) in [4.78, 5) is 48.9. The standard InChI is InChI=1S/C30H35N3O7/c1-30(2,3)40-29(38)32-18-21-15-16-24(23-13-8-7-12-22(21)23)26(34)33-25(27(35)36)14-9-17-31-28(37)39-19-20-10-5-4-6-11-20/h4-8,10-13,15-16,25H,9,14,17-19H2,1-3H3,(H,31,37)(H,32,38)(H,33,34)(H,35,36)/t25-/m0/s1. The topological polar surface area (TPSA) is 143 Å². The van der Waals surface area contributed by atoms with Crippen LogP contribution in [0, 0.1) is 0 Å². The van der Waals surface area contributed by atoms with E-state index in [4.69, 9.17) is 9.47 Å². The summed E-state index contributed by atoms with van der Waals surface area (Å²) in [5, 5.41) is 18.9. The Labute approximate surface area is 233 Å². The first kappa shape index (κ1) is 29.9. The summed E-state index contributed by atoms with van der Waals surface area (Å²) in [6, 6.07) is 18.6. The van der Waals surface area contributed by atoms with E-state index in [9.17, 15) is 24.3 Å². The fraction of sp³-hybridized carbons (Fsp3) is 0.333. The van der Waals surface area contributed by atoms with Crippen LogP contribution in [-0.2, 0) is 27.4 Å². The molecule has 3 aromatic rings. The van der Waals surface area contributed by atoms with Gasteiger partial charge >= 0.3 is 18.2 Å². The third-order valence-corrected chi connectivity index (χ3v) is 5.84. The summed E-state index contributed by atoms with van der Waals surface area (Å²) in [6.45, 7) is 5.84. The molecule has 0 aromatic heterocycles. The molecule has 0 radical (unpaired) electrons. The molecule has 0 aliphatic carbocycles. The lowest BCUT2D eigenvalue weighted by atomic mass is 9.98. The summed E-state index contributed by atoms with van der Waals surface area (Å²) in [6.07, 6.45) is -0.738. The smallest absolute Gasteiger partial charge is 0.407 e. The lowest BCUT2D eigenvalue weighted by molar-refractivity contribution is -0.139. The molecular formula is C30H35N3O7. The Hall–Kier alpha value is -4.60. The van der Waals surface area contributed by atoms with Crippen LogP contribution < -0.4 is 16.0 Å². The molecule has 0 heterocycles. The monoisotopic (exact) mass is 549 g/mol. The number of ether oxygens (including phenoxy) is 2. The van der Waals surface area contributed by atoms with Gasteiger partial charge in [-0.25, -0.2) is 14.4 Å². The van der Waals surface area contributed by atoms with Crippen LogP contribution in [0.4, 0.5) is 9.59 Å². The van der Waals surface area contributed by atoms with Crippen molar-refractivity contribution in [1.82, 2.24) is 16.0 Å². The van der Waals surface area contributed by atoms with Gasteiger partial charge in [0.2, 0.25) is 0 Å². The van der Waals surface area contributed by atoms with Crippen LogP contribution in [-0.4, -0.2) is 47.4 Å². The molecular weight excluding hydrogens is 514 g/mol. The Bertz CT molecular complexity index is 1340. The SMILES string of the molecule is CC(C)(C)OC(=O)NCc1ccc(C(=O)N[C@@H](CCCNC(=O)OCc2ccccc2)C(=O)O)c2ccccc12. The highest BCUT2D eigenvalue weighted by Crippen LogP contribution is 2.23. The van der Waals surface area contributed by atoms with E-state index in [1.165, 1.54) is 0 Å². The Balaban J connectivity index is 1.56. The van der Waals surface area contributed by atoms with Crippen molar-refractivity contribution in [1.29, 1.82) is 0 Å². The highest BCUT2D eigenvalue weighted by Gasteiger charge is 2.22. The maximum atomic E-state index is 13.1. The Morgan fingerprint density at radius 2 is 1.52 bits per heavy atom. The number of carbonyl (C=O) groups excluding carboxylic acids is 3. The molecule has 0 aliphatic heterocycles. The molecule has 3 aromatic carbocycles. The number of nitrogens with one attached hydrogen (secondary N) is 3. The molecule has 0 saturated heterocycles. The van der Waals surface area contributed by atoms with E-state index in [0.29, 0.717) is 17.4 Å². The van der Waals surface area contributed by atoms with Crippen LogP contribution in [0.2, 0.25) is 0 Å². The van der Waals surface area contributed by atoms with Crippen LogP contribution in [0.3, 0.4) is 0 Å². The quantitative estimate of drug-likeness (QED) is 0.253. The van der Waals surface area contributed by atoms with E-state index in [0.717, 1.165) is 16.5 Å². The van der Waals surface area contributed by atoms with E-state index in [1.807, 2.05) is 42.5 Å². The van der Waals surface area contributed by atoms with Crippen molar-refractivity contribution in [2.75, 3.05) is 6.54 Å². The Kier molecular flexibility index (Phi) is 10.5. The Morgan fingerprint density at radius 3 is 2.20 bits per heavy atom. The normalized spacial score (nSPS) is 11.8. The van der Waals surface area contributed by atoms with Crippen molar-refractivity contribution < 1.29 is 33.8 Å². The van der Waals surface area contributed by atoms with Crippen LogP contribution in [0.25, 0.3) is 10.8 Å². The van der Waals surface area contributed by atoms with Gasteiger partial charge in [0.05, 0.1) is 0 Å². The van der Waals surface area contributed by atoms with Crippen molar-refractivity contribution in [2.45, 2.75) is 58.4 Å². The zero-order valence-corrected chi connectivity index (χ0v) is 22.9. The van der Waals surface area contributed by atoms with Crippen molar-refractivity contribution in [2.24, 2.45) is 0 Å². The van der Waals surface area contributed by atoms with Crippen LogP contribution in [0.1, 0.15) is 55.1 Å². The fourth-order valence-electron chi connectivity index (χ4n) is 3.96. The lowest BCUT2D eigenvalue weighted by Gasteiger charge is -2.20. The van der Waals surface area contributed by atoms with Gasteiger partial charge in [-0.05, 0) is 61.6 Å². The number of aliphatic carboxylic acids is 1. The predicted octanol–water partition coefficient (Wildman–Crippen LogP) is 4.75. The molecule has 4 N–H and O–H groups in total. The molecule has 1 atom stereocenters. The molecule has 10 heteroatoms. The molecule has 0 aliphatic rings. The van der Waals surface area contributed by atoms with Crippen LogP contribution in [0.15, 0.2) is 66.7 Å². The van der Waals surface area contributed by atoms with E-state index in [2.05, 4.69) is 16.0 Å². The largest absolute Gasteiger partial charge is 0.480 e. The van der Waals surface area contributed by atoms with Gasteiger partial charge < -0.3 is 30.5 Å². The molecule has 0 saturated carbocycles. The summed E-state index contributed by atoms with van der Waals surface area (Å²) in [5.74, 6) is -1.71. The van der Waals surface area contributed by atoms with E-state index in [-0.39, 0.29) is 26.1 Å². The van der Waals surface area contributed by atoms with Crippen molar-refractivity contribution in [3.8, 4) is 0 Å². The zero-order valence-electron chi connectivity index (χ0n) is 22.9. The number of hydrogen-bond acceptors (Lipinski definition) is 6. The molecule has 0 bridgehead atoms. The van der Waals surface area contributed by atoms with Gasteiger partial charge in [-0.3, -0.25) is 4.79 Å². The number of fused-ring (bicyclic) bond motifs is 1. The average molecular weight is 550 g/mol. The number of carbonyl (C=O) groups is 4. The molecule has 0 unspecified atom stereocenters. The van der Waals surface area contributed by atoms with Gasteiger partial charge in [-0.1, -0.05) is 60.7 Å². The maximum absolute atomic E-state index is 13.1. The number of benzene rings is 3. The summed E-state index contributed by atoms with van der Waals surface area (Å²) in [5.41, 5.74) is 1.31. The first-order chi connectivity index (χ1) is 19.0. The second kappa shape index (κ2) is 14.0. The molecule has 3 rings (SSSR count). The van der Waals surface area contributed by atoms with Gasteiger partial charge in [-0.15, -0.1) is 0 Å². The number of hydrogen-bond donors (Lipinski definition) is 4. The fourth-order valence-corrected chi connectivity index (χ4v) is 3.96. The van der Waals surface area contributed by atoms with E-state index < -0.39 is 35.7 Å². The van der Waals surface area contributed by atoms with Crippen molar-refractivity contribution >= 4 is 34.8 Å². The van der Waals surface area contributed by atoms with E-state index in [1.54, 1.807) is 45.0 Å². The van der Waals surface area contributed by atoms with Crippen LogP contribution >= 0.6 is 0 Å². The lowest BCUT2D eigenvalue weighted by Crippen LogP contribution is -2.41. The third-order valence-electron chi connectivity index (χ3n) is 5.84. The number of rotatable bonds is 11. The highest BCUT2D eigenvalue weighted by atomic mass is 16.6. The first-order valence-electron chi connectivity index (χ1n) is 13.0. The minimum Gasteiger partial charge on any atom is -0.480 e. The molecule has 40 heavy (non-hydrogen) atoms. The van der Waals surface area contributed by atoms with Crippen LogP contribution in [0.5, 0.6) is 0 Å². The summed E-state index contributed by atoms with van der Waals surface area (Å²) >= 11 is 0. The van der Waals surface area contributed by atoms with Gasteiger partial charge in [-0.2, -0.15) is 0 Å². The predicted molar refractivity (Wildman–Crippen MR) is 150 cm³/mol. The number of carboxylic acid groups (broad SMARTS) is 1. The van der Waals surface area contributed by atoms with Gasteiger partial charge in [0.25, 0.3) is 5.91 Å². The minimum absolute atomic E-state index is 0.107. The number of carboxylic acids is 1. The van der Waals surface area contributed by atoms with Gasteiger partial charge in [0, 0.05) is 18.7 Å². The average Bonchev–Trinajstić information content (AvgIpc) is 2.91. The van der Waals surface area contributed by atoms with Crippen molar-refractivity contribution in [3.63, 3.8) is 0 Å². The molecule has 0 spiro atoms. The number of alkyl carbamates (subject to hydrolysis) is 2. The third kappa shape index (κ3) is 9.30. The summed E-state index contributed by atoms with van der Waals surface area (Å²) in [7, 11) is 0. The molecule has 10 nitrogen and oxygen atoms in total. The first-order valence-corrected chi connectivity index (χ1v) is 13.0. The Morgan fingerprint density at radius 1 is 0.850 bits per heavy atom. The van der Waals surface area contributed by atoms with Gasteiger partial charge in [0.1, 0.15) is 18.2 Å². The molecule has 0 fully saturated rings. The molecule has 212 valence electrons. The second-order valence-electron chi connectivity index (χ2n) is 10.2. The number of amides is 3. The molecule has 3 amide bonds.